The van der Waals surface area contributed by atoms with E-state index in [1.54, 1.807) is 0 Å². The third kappa shape index (κ3) is 2.91. The summed E-state index contributed by atoms with van der Waals surface area (Å²) in [6.07, 6.45) is 2.88. The molecule has 3 heteroatoms. The second-order valence-electron chi connectivity index (χ2n) is 5.28. The summed E-state index contributed by atoms with van der Waals surface area (Å²) in [7, 11) is 0. The molecule has 2 rings (SSSR count). The SMILES string of the molecule is CCc1ccccc1C(=O)NC1(C)CCNCC1. The maximum absolute atomic E-state index is 12.4. The van der Waals surface area contributed by atoms with Crippen LogP contribution in [0.4, 0.5) is 0 Å². The van der Waals surface area contributed by atoms with Gasteiger partial charge in [0.2, 0.25) is 0 Å². The number of hydrogen-bond donors (Lipinski definition) is 2. The van der Waals surface area contributed by atoms with E-state index in [-0.39, 0.29) is 11.4 Å². The van der Waals surface area contributed by atoms with Crippen LogP contribution in [0.1, 0.15) is 42.6 Å². The van der Waals surface area contributed by atoms with Crippen LogP contribution in [0, 0.1) is 0 Å². The standard InChI is InChI=1S/C15H22N2O/c1-3-12-6-4-5-7-13(12)14(18)17-15(2)8-10-16-11-9-15/h4-7,16H,3,8-11H2,1-2H3,(H,17,18). The van der Waals surface area contributed by atoms with Crippen LogP contribution in [0.3, 0.4) is 0 Å². The van der Waals surface area contributed by atoms with Gasteiger partial charge in [0.25, 0.3) is 5.91 Å². The molecule has 98 valence electrons. The summed E-state index contributed by atoms with van der Waals surface area (Å²) in [5.74, 6) is 0.0665. The van der Waals surface area contributed by atoms with Gasteiger partial charge >= 0.3 is 0 Å². The molecule has 1 aliphatic heterocycles. The van der Waals surface area contributed by atoms with Crippen molar-refractivity contribution in [1.29, 1.82) is 0 Å². The fourth-order valence-corrected chi connectivity index (χ4v) is 2.50. The van der Waals surface area contributed by atoms with Crippen LogP contribution in [-0.2, 0) is 6.42 Å². The number of nitrogens with one attached hydrogen (secondary N) is 2. The van der Waals surface area contributed by atoms with Gasteiger partial charge in [-0.1, -0.05) is 25.1 Å². The minimum atomic E-state index is -0.0663. The lowest BCUT2D eigenvalue weighted by atomic mass is 9.90. The number of aryl methyl sites for hydroxylation is 1. The molecule has 1 heterocycles. The molecule has 3 nitrogen and oxygen atoms in total. The average molecular weight is 246 g/mol. The van der Waals surface area contributed by atoms with Crippen molar-refractivity contribution in [2.75, 3.05) is 13.1 Å². The summed E-state index contributed by atoms with van der Waals surface area (Å²) in [6.45, 7) is 6.18. The van der Waals surface area contributed by atoms with Crippen molar-refractivity contribution in [3.05, 3.63) is 35.4 Å². The van der Waals surface area contributed by atoms with Crippen LogP contribution < -0.4 is 10.6 Å². The molecule has 0 aromatic heterocycles. The van der Waals surface area contributed by atoms with Crippen molar-refractivity contribution in [3.63, 3.8) is 0 Å². The van der Waals surface area contributed by atoms with Crippen LogP contribution in [0.15, 0.2) is 24.3 Å². The van der Waals surface area contributed by atoms with Gasteiger partial charge in [-0.25, -0.2) is 0 Å². The van der Waals surface area contributed by atoms with Crippen molar-refractivity contribution in [2.24, 2.45) is 0 Å². The second-order valence-corrected chi connectivity index (χ2v) is 5.28. The number of carbonyl (C=O) groups is 1. The molecule has 0 radical (unpaired) electrons. The molecule has 0 bridgehead atoms. The Bertz CT molecular complexity index is 422. The maximum Gasteiger partial charge on any atom is 0.251 e. The van der Waals surface area contributed by atoms with Gasteiger partial charge < -0.3 is 10.6 Å². The van der Waals surface area contributed by atoms with E-state index in [9.17, 15) is 4.79 Å². The van der Waals surface area contributed by atoms with Crippen molar-refractivity contribution >= 4 is 5.91 Å². The predicted octanol–water partition coefficient (Wildman–Crippen LogP) is 2.12. The molecule has 1 aromatic rings. The van der Waals surface area contributed by atoms with E-state index in [4.69, 9.17) is 0 Å². The molecule has 0 aliphatic carbocycles. The topological polar surface area (TPSA) is 41.1 Å². The first-order valence-corrected chi connectivity index (χ1v) is 6.76. The molecule has 0 atom stereocenters. The number of benzene rings is 1. The van der Waals surface area contributed by atoms with Gasteiger partial charge in [-0.2, -0.15) is 0 Å². The van der Waals surface area contributed by atoms with Crippen LogP contribution in [0.5, 0.6) is 0 Å². The summed E-state index contributed by atoms with van der Waals surface area (Å²) >= 11 is 0. The van der Waals surface area contributed by atoms with Gasteiger partial charge in [0.1, 0.15) is 0 Å². The van der Waals surface area contributed by atoms with E-state index in [2.05, 4.69) is 24.5 Å². The average Bonchev–Trinajstić information content (AvgIpc) is 2.39. The Kier molecular flexibility index (Phi) is 4.02. The second kappa shape index (κ2) is 5.53. The molecule has 0 unspecified atom stereocenters. The number of piperidine rings is 1. The fourth-order valence-electron chi connectivity index (χ4n) is 2.50. The zero-order chi connectivity index (χ0) is 13.0. The Morgan fingerprint density at radius 3 is 2.67 bits per heavy atom. The number of rotatable bonds is 3. The van der Waals surface area contributed by atoms with Gasteiger partial charge in [0, 0.05) is 11.1 Å². The first-order chi connectivity index (χ1) is 8.64. The Labute approximate surface area is 109 Å². The molecular weight excluding hydrogens is 224 g/mol. The Hall–Kier alpha value is -1.35. The summed E-state index contributed by atoms with van der Waals surface area (Å²) in [5.41, 5.74) is 1.87. The summed E-state index contributed by atoms with van der Waals surface area (Å²) < 4.78 is 0. The number of hydrogen-bond acceptors (Lipinski definition) is 2. The quantitative estimate of drug-likeness (QED) is 0.857. The number of carbonyl (C=O) groups excluding carboxylic acids is 1. The predicted molar refractivity (Wildman–Crippen MR) is 73.8 cm³/mol. The molecule has 1 aromatic carbocycles. The van der Waals surface area contributed by atoms with E-state index >= 15 is 0 Å². The van der Waals surface area contributed by atoms with Gasteiger partial charge in [-0.05, 0) is 50.9 Å². The third-order valence-corrected chi connectivity index (χ3v) is 3.77. The molecule has 1 aliphatic rings. The third-order valence-electron chi connectivity index (χ3n) is 3.77. The lowest BCUT2D eigenvalue weighted by Crippen LogP contribution is -2.52. The van der Waals surface area contributed by atoms with Crippen LogP contribution in [-0.4, -0.2) is 24.5 Å². The summed E-state index contributed by atoms with van der Waals surface area (Å²) in [5, 5.41) is 6.53. The highest BCUT2D eigenvalue weighted by atomic mass is 16.1. The summed E-state index contributed by atoms with van der Waals surface area (Å²) in [4.78, 5) is 12.4. The highest BCUT2D eigenvalue weighted by Gasteiger charge is 2.28. The first-order valence-electron chi connectivity index (χ1n) is 6.76. The van der Waals surface area contributed by atoms with Crippen LogP contribution in [0.25, 0.3) is 0 Å². The van der Waals surface area contributed by atoms with E-state index < -0.39 is 0 Å². The lowest BCUT2D eigenvalue weighted by molar-refractivity contribution is 0.0886. The van der Waals surface area contributed by atoms with E-state index in [1.807, 2.05) is 24.3 Å². The van der Waals surface area contributed by atoms with Crippen molar-refractivity contribution in [2.45, 2.75) is 38.6 Å². The van der Waals surface area contributed by atoms with Crippen molar-refractivity contribution < 1.29 is 4.79 Å². The molecule has 0 spiro atoms. The first kappa shape index (κ1) is 13.1. The van der Waals surface area contributed by atoms with Crippen LogP contribution in [0.2, 0.25) is 0 Å². The molecule has 1 saturated heterocycles. The Morgan fingerprint density at radius 1 is 1.33 bits per heavy atom. The molecule has 0 saturated carbocycles. The highest BCUT2D eigenvalue weighted by Crippen LogP contribution is 2.19. The number of amides is 1. The molecule has 1 amide bonds. The molecular formula is C15H22N2O. The fraction of sp³-hybridized carbons (Fsp3) is 0.533. The zero-order valence-electron chi connectivity index (χ0n) is 11.3. The van der Waals surface area contributed by atoms with Crippen molar-refractivity contribution in [3.8, 4) is 0 Å². The van der Waals surface area contributed by atoms with Gasteiger partial charge in [0.15, 0.2) is 0 Å². The summed E-state index contributed by atoms with van der Waals surface area (Å²) in [6, 6.07) is 7.86. The maximum atomic E-state index is 12.4. The lowest BCUT2D eigenvalue weighted by Gasteiger charge is -2.35. The van der Waals surface area contributed by atoms with Gasteiger partial charge in [-0.3, -0.25) is 4.79 Å². The molecule has 18 heavy (non-hydrogen) atoms. The van der Waals surface area contributed by atoms with Gasteiger partial charge in [-0.15, -0.1) is 0 Å². The monoisotopic (exact) mass is 246 g/mol. The van der Waals surface area contributed by atoms with Crippen LogP contribution >= 0.6 is 0 Å². The van der Waals surface area contributed by atoms with E-state index in [0.29, 0.717) is 0 Å². The van der Waals surface area contributed by atoms with Crippen molar-refractivity contribution in [1.82, 2.24) is 10.6 Å². The largest absolute Gasteiger partial charge is 0.347 e. The smallest absolute Gasteiger partial charge is 0.251 e. The minimum Gasteiger partial charge on any atom is -0.347 e. The Morgan fingerprint density at radius 2 is 2.00 bits per heavy atom. The van der Waals surface area contributed by atoms with Gasteiger partial charge in [0.05, 0.1) is 0 Å². The zero-order valence-corrected chi connectivity index (χ0v) is 11.3. The minimum absolute atomic E-state index is 0.0663. The Balaban J connectivity index is 2.11. The molecule has 1 fully saturated rings. The normalized spacial score (nSPS) is 18.3. The highest BCUT2D eigenvalue weighted by molar-refractivity contribution is 5.96. The van der Waals surface area contributed by atoms with E-state index in [1.165, 1.54) is 0 Å². The molecule has 2 N–H and O–H groups in total. The van der Waals surface area contributed by atoms with E-state index in [0.717, 1.165) is 43.5 Å².